The van der Waals surface area contributed by atoms with Crippen LogP contribution in [0.1, 0.15) is 32.6 Å². The molecule has 4 bridgehead atoms. The molecule has 10 nitrogen and oxygen atoms in total. The van der Waals surface area contributed by atoms with Gasteiger partial charge in [0, 0.05) is 25.7 Å². The summed E-state index contributed by atoms with van der Waals surface area (Å²) in [7, 11) is 3.24. The fraction of sp³-hybridized carbons (Fsp3) is 0.195. The molecule has 0 saturated carbocycles. The number of rotatable bonds is 10. The number of benzene rings is 5. The molecule has 2 aliphatic rings. The molecule has 0 aliphatic carbocycles. The van der Waals surface area contributed by atoms with Crippen LogP contribution in [0.2, 0.25) is 0 Å². The molecule has 4 N–H and O–H groups in total. The van der Waals surface area contributed by atoms with E-state index in [1.807, 2.05) is 91.0 Å². The van der Waals surface area contributed by atoms with Gasteiger partial charge in [-0.1, -0.05) is 72.8 Å². The molecule has 2 aliphatic heterocycles. The van der Waals surface area contributed by atoms with Crippen molar-refractivity contribution in [2.75, 3.05) is 24.8 Å². The average molecular weight is 685 g/mol. The standard InChI is InChI=1S/C41H40N4O6/c1-45-36(39(46)44-33-13-6-7-14-38(33)51-26-28-9-4-3-5-10-28)24-29-17-20-37(50-2)34(23-29)43-32-18-15-27(16-19-32)22-35(40(45)47)42-25-30-11-8-12-31(21-30)41(48)49/h3-21,23,35-36,42-43H,22,24-26H2,1-2H3,(H,44,46)(H,48,49)/t35-,36-/m0/s1. The number of methoxy groups -OCH3 is 1. The predicted octanol–water partition coefficient (Wildman–Crippen LogP) is 6.44. The monoisotopic (exact) mass is 684 g/mol. The van der Waals surface area contributed by atoms with Crippen molar-refractivity contribution in [1.29, 1.82) is 0 Å². The van der Waals surface area contributed by atoms with Crippen molar-refractivity contribution in [1.82, 2.24) is 10.2 Å². The highest BCUT2D eigenvalue weighted by Crippen LogP contribution is 2.31. The number of amides is 2. The molecule has 0 spiro atoms. The molecule has 2 amide bonds. The summed E-state index contributed by atoms with van der Waals surface area (Å²) >= 11 is 0. The van der Waals surface area contributed by atoms with Crippen LogP contribution in [0.15, 0.2) is 121 Å². The normalized spacial score (nSPS) is 15.7. The number of aromatic carboxylic acids is 1. The second kappa shape index (κ2) is 16.1. The Morgan fingerprint density at radius 3 is 2.31 bits per heavy atom. The molecular formula is C41H40N4O6. The summed E-state index contributed by atoms with van der Waals surface area (Å²) in [6.07, 6.45) is 0.548. The Hall–Kier alpha value is -6.13. The maximum Gasteiger partial charge on any atom is 0.335 e. The summed E-state index contributed by atoms with van der Waals surface area (Å²) in [5.41, 5.74) is 5.65. The number of hydrogen-bond acceptors (Lipinski definition) is 7. The van der Waals surface area contributed by atoms with Crippen LogP contribution >= 0.6 is 0 Å². The van der Waals surface area contributed by atoms with E-state index in [1.165, 1.54) is 11.0 Å². The van der Waals surface area contributed by atoms with Gasteiger partial charge in [-0.3, -0.25) is 9.59 Å². The molecular weight excluding hydrogens is 644 g/mol. The van der Waals surface area contributed by atoms with Crippen molar-refractivity contribution in [3.63, 3.8) is 0 Å². The van der Waals surface area contributed by atoms with Crippen LogP contribution in [0.5, 0.6) is 11.5 Å². The van der Waals surface area contributed by atoms with Crippen LogP contribution in [-0.4, -0.2) is 54.0 Å². The van der Waals surface area contributed by atoms with Crippen LogP contribution < -0.4 is 25.4 Å². The maximum atomic E-state index is 14.5. The van der Waals surface area contributed by atoms with E-state index in [9.17, 15) is 19.5 Å². The summed E-state index contributed by atoms with van der Waals surface area (Å²) in [5.74, 6) is -0.545. The zero-order valence-corrected chi connectivity index (χ0v) is 28.5. The minimum Gasteiger partial charge on any atom is -0.495 e. The SMILES string of the molecule is COc1ccc2cc1Nc1ccc(cc1)C[C@H](NCc1cccc(C(=O)O)c1)C(=O)N(C)[C@H](C(=O)Nc1ccccc1OCc1ccccc1)C2. The number of hydrogen-bond donors (Lipinski definition) is 4. The second-order valence-electron chi connectivity index (χ2n) is 12.4. The highest BCUT2D eigenvalue weighted by atomic mass is 16.5. The van der Waals surface area contributed by atoms with Gasteiger partial charge >= 0.3 is 5.97 Å². The number of ether oxygens (including phenoxy) is 2. The Kier molecular flexibility index (Phi) is 10.9. The predicted molar refractivity (Wildman–Crippen MR) is 197 cm³/mol. The summed E-state index contributed by atoms with van der Waals surface area (Å²) in [4.78, 5) is 41.9. The zero-order valence-electron chi connectivity index (χ0n) is 28.5. The molecule has 0 unspecified atom stereocenters. The average Bonchev–Trinajstić information content (AvgIpc) is 3.15. The zero-order chi connectivity index (χ0) is 35.7. The van der Waals surface area contributed by atoms with Crippen LogP contribution in [-0.2, 0) is 35.6 Å². The fourth-order valence-corrected chi connectivity index (χ4v) is 6.07. The van der Waals surface area contributed by atoms with Gasteiger partial charge in [0.2, 0.25) is 11.8 Å². The molecule has 0 radical (unpaired) electrons. The van der Waals surface area contributed by atoms with E-state index >= 15 is 0 Å². The molecule has 260 valence electrons. The van der Waals surface area contributed by atoms with Crippen LogP contribution in [0.4, 0.5) is 17.1 Å². The molecule has 51 heavy (non-hydrogen) atoms. The lowest BCUT2D eigenvalue weighted by molar-refractivity contribution is -0.138. The van der Waals surface area contributed by atoms with Crippen molar-refractivity contribution in [3.05, 3.63) is 149 Å². The first-order valence-corrected chi connectivity index (χ1v) is 16.7. The minimum absolute atomic E-state index is 0.162. The molecule has 7 rings (SSSR count). The molecule has 0 aromatic heterocycles. The number of para-hydroxylation sites is 2. The van der Waals surface area contributed by atoms with Crippen LogP contribution in [0, 0.1) is 0 Å². The Balaban J connectivity index is 1.32. The van der Waals surface area contributed by atoms with Crippen molar-refractivity contribution >= 4 is 34.8 Å². The molecule has 2 heterocycles. The Morgan fingerprint density at radius 1 is 0.824 bits per heavy atom. The molecule has 2 atom stereocenters. The molecule has 0 fully saturated rings. The van der Waals surface area contributed by atoms with Gasteiger partial charge in [0.25, 0.3) is 0 Å². The Morgan fingerprint density at radius 2 is 1.55 bits per heavy atom. The Bertz CT molecular complexity index is 2000. The number of carbonyl (C=O) groups is 3. The first kappa shape index (κ1) is 34.7. The van der Waals surface area contributed by atoms with Crippen molar-refractivity contribution in [2.45, 2.75) is 38.1 Å². The number of nitrogens with one attached hydrogen (secondary N) is 3. The van der Waals surface area contributed by atoms with Crippen LogP contribution in [0.3, 0.4) is 0 Å². The fourth-order valence-electron chi connectivity index (χ4n) is 6.07. The smallest absolute Gasteiger partial charge is 0.335 e. The lowest BCUT2D eigenvalue weighted by Crippen LogP contribution is -2.53. The number of carboxylic acid groups (broad SMARTS) is 1. The van der Waals surface area contributed by atoms with Gasteiger partial charge in [-0.15, -0.1) is 0 Å². The molecule has 10 heteroatoms. The van der Waals surface area contributed by atoms with Gasteiger partial charge < -0.3 is 35.4 Å². The van der Waals surface area contributed by atoms with E-state index in [-0.39, 0.29) is 30.3 Å². The number of nitrogens with zero attached hydrogens (tertiary/aromatic N) is 1. The number of likely N-dealkylation sites (N-methyl/N-ethyl adjacent to an activating group) is 1. The van der Waals surface area contributed by atoms with Gasteiger partial charge in [0.1, 0.15) is 24.1 Å². The van der Waals surface area contributed by atoms with Gasteiger partial charge in [0.05, 0.1) is 30.1 Å². The number of carbonyl (C=O) groups excluding carboxylic acids is 2. The number of carboxylic acids is 1. The quantitative estimate of drug-likeness (QED) is 0.132. The summed E-state index contributed by atoms with van der Waals surface area (Å²) < 4.78 is 11.7. The lowest BCUT2D eigenvalue weighted by atomic mass is 9.99. The highest BCUT2D eigenvalue weighted by molar-refractivity contribution is 5.99. The minimum atomic E-state index is -1.03. The van der Waals surface area contributed by atoms with E-state index < -0.39 is 18.1 Å². The number of anilines is 3. The molecule has 0 saturated heterocycles. The van der Waals surface area contributed by atoms with E-state index in [0.717, 1.165) is 33.6 Å². The summed E-state index contributed by atoms with van der Waals surface area (Å²) in [6.45, 7) is 0.566. The first-order chi connectivity index (χ1) is 24.8. The van der Waals surface area contributed by atoms with E-state index in [1.54, 1.807) is 38.4 Å². The summed E-state index contributed by atoms with van der Waals surface area (Å²) in [5, 5.41) is 19.3. The van der Waals surface area contributed by atoms with E-state index in [0.29, 0.717) is 30.2 Å². The van der Waals surface area contributed by atoms with Gasteiger partial charge in [-0.2, -0.15) is 0 Å². The van der Waals surface area contributed by atoms with Gasteiger partial charge in [-0.05, 0) is 77.2 Å². The van der Waals surface area contributed by atoms with E-state index in [4.69, 9.17) is 9.47 Å². The van der Waals surface area contributed by atoms with E-state index in [2.05, 4.69) is 16.0 Å². The third-order valence-corrected chi connectivity index (χ3v) is 8.89. The largest absolute Gasteiger partial charge is 0.495 e. The van der Waals surface area contributed by atoms with Crippen molar-refractivity contribution in [3.8, 4) is 11.5 Å². The van der Waals surface area contributed by atoms with Crippen LogP contribution in [0.25, 0.3) is 0 Å². The Labute approximate surface area is 297 Å². The topological polar surface area (TPSA) is 129 Å². The first-order valence-electron chi connectivity index (χ1n) is 16.7. The maximum absolute atomic E-state index is 14.5. The molecule has 5 aromatic rings. The second-order valence-corrected chi connectivity index (χ2v) is 12.4. The highest BCUT2D eigenvalue weighted by Gasteiger charge is 2.32. The lowest BCUT2D eigenvalue weighted by Gasteiger charge is -2.32. The van der Waals surface area contributed by atoms with Gasteiger partial charge in [0.15, 0.2) is 0 Å². The van der Waals surface area contributed by atoms with Crippen molar-refractivity contribution < 1.29 is 29.0 Å². The number of fused-ring (bicyclic) bond motifs is 7. The third-order valence-electron chi connectivity index (χ3n) is 8.89. The van der Waals surface area contributed by atoms with Crippen molar-refractivity contribution in [2.24, 2.45) is 0 Å². The third kappa shape index (κ3) is 8.73. The molecule has 5 aromatic carbocycles. The van der Waals surface area contributed by atoms with Gasteiger partial charge in [-0.25, -0.2) is 4.79 Å². The summed E-state index contributed by atoms with van der Waals surface area (Å²) in [6, 6.07) is 35.4.